The van der Waals surface area contributed by atoms with E-state index in [-0.39, 0.29) is 30.1 Å². The zero-order valence-electron chi connectivity index (χ0n) is 13.9. The summed E-state index contributed by atoms with van der Waals surface area (Å²) in [6, 6.07) is 7.62. The average molecular weight is 421 g/mol. The van der Waals surface area contributed by atoms with Crippen molar-refractivity contribution in [3.8, 4) is 11.5 Å². The quantitative estimate of drug-likeness (QED) is 0.293. The van der Waals surface area contributed by atoms with Gasteiger partial charge in [0.25, 0.3) is 0 Å². The second-order valence-corrected chi connectivity index (χ2v) is 4.84. The number of benzene rings is 1. The molecule has 0 bridgehead atoms. The van der Waals surface area contributed by atoms with E-state index in [0.29, 0.717) is 6.54 Å². The second kappa shape index (κ2) is 12.4. The zero-order valence-corrected chi connectivity index (χ0v) is 16.2. The van der Waals surface area contributed by atoms with Crippen LogP contribution in [0.3, 0.4) is 0 Å². The third kappa shape index (κ3) is 8.31. The minimum atomic E-state index is 0. The summed E-state index contributed by atoms with van der Waals surface area (Å²) in [7, 11) is 3.42. The first kappa shape index (κ1) is 20.8. The number of halogens is 1. The number of ether oxygens (including phenoxy) is 2. The molecule has 0 aliphatic carbocycles. The number of unbranched alkanes of at least 4 members (excludes halogenated alkanes) is 1. The van der Waals surface area contributed by atoms with Gasteiger partial charge in [-0.25, -0.2) is 0 Å². The average Bonchev–Trinajstić information content (AvgIpc) is 2.51. The Bertz CT molecular complexity index is 441. The molecule has 0 saturated heterocycles. The number of nitrogens with one attached hydrogen (secondary N) is 2. The predicted octanol–water partition coefficient (Wildman–Crippen LogP) is 3.05. The molecular weight excluding hydrogens is 393 g/mol. The van der Waals surface area contributed by atoms with Crippen LogP contribution in [0.25, 0.3) is 0 Å². The molecule has 0 radical (unpaired) electrons. The van der Waals surface area contributed by atoms with Crippen LogP contribution in [0.1, 0.15) is 26.7 Å². The van der Waals surface area contributed by atoms with E-state index < -0.39 is 0 Å². The Balaban J connectivity index is 0.00000441. The van der Waals surface area contributed by atoms with Gasteiger partial charge in [-0.3, -0.25) is 4.99 Å². The van der Waals surface area contributed by atoms with E-state index in [9.17, 15) is 0 Å². The Hall–Kier alpha value is -1.18. The van der Waals surface area contributed by atoms with Gasteiger partial charge in [-0.1, -0.05) is 19.4 Å². The van der Waals surface area contributed by atoms with E-state index in [1.54, 1.807) is 14.2 Å². The summed E-state index contributed by atoms with van der Waals surface area (Å²) in [5.41, 5.74) is 0. The number of hydrogen-bond acceptors (Lipinski definition) is 3. The molecule has 1 rings (SSSR count). The van der Waals surface area contributed by atoms with Crippen LogP contribution in [-0.4, -0.2) is 39.3 Å². The molecule has 0 fully saturated rings. The van der Waals surface area contributed by atoms with E-state index >= 15 is 0 Å². The molecule has 6 heteroatoms. The number of rotatable bonds is 8. The summed E-state index contributed by atoms with van der Waals surface area (Å²) < 4.78 is 11.0. The van der Waals surface area contributed by atoms with Gasteiger partial charge in [0.1, 0.15) is 17.6 Å². The SMILES string of the molecule is CCCCNC(=NC)NCC(C)Oc1cccc(OC)c1.I. The Morgan fingerprint density at radius 3 is 2.64 bits per heavy atom. The maximum Gasteiger partial charge on any atom is 0.191 e. The molecule has 0 amide bonds. The monoisotopic (exact) mass is 421 g/mol. The molecule has 1 aromatic rings. The molecule has 2 N–H and O–H groups in total. The molecule has 0 aliphatic rings. The molecule has 5 nitrogen and oxygen atoms in total. The molecule has 0 saturated carbocycles. The molecule has 0 heterocycles. The summed E-state index contributed by atoms with van der Waals surface area (Å²) in [4.78, 5) is 4.19. The van der Waals surface area contributed by atoms with Crippen LogP contribution in [0.2, 0.25) is 0 Å². The van der Waals surface area contributed by atoms with Crippen LogP contribution in [0.15, 0.2) is 29.3 Å². The second-order valence-electron chi connectivity index (χ2n) is 4.84. The topological polar surface area (TPSA) is 54.9 Å². The Labute approximate surface area is 150 Å². The fraction of sp³-hybridized carbons (Fsp3) is 0.562. The molecule has 1 atom stereocenters. The highest BCUT2D eigenvalue weighted by Crippen LogP contribution is 2.19. The molecule has 1 aromatic carbocycles. The summed E-state index contributed by atoms with van der Waals surface area (Å²) >= 11 is 0. The number of methoxy groups -OCH3 is 1. The Morgan fingerprint density at radius 2 is 2.00 bits per heavy atom. The number of nitrogens with zero attached hydrogens (tertiary/aromatic N) is 1. The molecule has 126 valence electrons. The minimum Gasteiger partial charge on any atom is -0.497 e. The Morgan fingerprint density at radius 1 is 1.27 bits per heavy atom. The summed E-state index contributed by atoms with van der Waals surface area (Å²) in [5, 5.41) is 6.53. The van der Waals surface area contributed by atoms with Crippen molar-refractivity contribution in [3.63, 3.8) is 0 Å². The predicted molar refractivity (Wildman–Crippen MR) is 103 cm³/mol. The Kier molecular flexibility index (Phi) is 11.7. The fourth-order valence-corrected chi connectivity index (χ4v) is 1.79. The summed E-state index contributed by atoms with van der Waals surface area (Å²) in [5.74, 6) is 2.41. The van der Waals surface area contributed by atoms with Gasteiger partial charge in [0.2, 0.25) is 0 Å². The van der Waals surface area contributed by atoms with Crippen LogP contribution in [-0.2, 0) is 0 Å². The molecule has 0 aliphatic heterocycles. The van der Waals surface area contributed by atoms with Crippen molar-refractivity contribution in [2.24, 2.45) is 4.99 Å². The first-order valence-electron chi connectivity index (χ1n) is 7.44. The standard InChI is InChI=1S/C16H27N3O2.HI/c1-5-6-10-18-16(17-3)19-12-13(2)21-15-9-7-8-14(11-15)20-4;/h7-9,11,13H,5-6,10,12H2,1-4H3,(H2,17,18,19);1H. The lowest BCUT2D eigenvalue weighted by atomic mass is 10.3. The van der Waals surface area contributed by atoms with Crippen molar-refractivity contribution in [2.45, 2.75) is 32.8 Å². The number of guanidine groups is 1. The fourth-order valence-electron chi connectivity index (χ4n) is 1.79. The van der Waals surface area contributed by atoms with Gasteiger partial charge in [-0.15, -0.1) is 24.0 Å². The van der Waals surface area contributed by atoms with E-state index in [2.05, 4.69) is 22.5 Å². The highest BCUT2D eigenvalue weighted by molar-refractivity contribution is 14.0. The van der Waals surface area contributed by atoms with Gasteiger partial charge >= 0.3 is 0 Å². The molecular formula is C16H28IN3O2. The molecule has 1 unspecified atom stereocenters. The lowest BCUT2D eigenvalue weighted by Gasteiger charge is -2.18. The zero-order chi connectivity index (χ0) is 15.5. The lowest BCUT2D eigenvalue weighted by Crippen LogP contribution is -2.42. The maximum absolute atomic E-state index is 5.85. The van der Waals surface area contributed by atoms with Gasteiger partial charge in [0, 0.05) is 19.7 Å². The van der Waals surface area contributed by atoms with Crippen molar-refractivity contribution in [1.82, 2.24) is 10.6 Å². The first-order chi connectivity index (χ1) is 10.2. The number of aliphatic imine (C=N–C) groups is 1. The van der Waals surface area contributed by atoms with Crippen molar-refractivity contribution < 1.29 is 9.47 Å². The smallest absolute Gasteiger partial charge is 0.191 e. The van der Waals surface area contributed by atoms with Crippen molar-refractivity contribution in [2.75, 3.05) is 27.2 Å². The van der Waals surface area contributed by atoms with Gasteiger partial charge in [-0.05, 0) is 25.5 Å². The lowest BCUT2D eigenvalue weighted by molar-refractivity contribution is 0.223. The van der Waals surface area contributed by atoms with Gasteiger partial charge in [0.15, 0.2) is 5.96 Å². The van der Waals surface area contributed by atoms with Crippen LogP contribution in [0, 0.1) is 0 Å². The van der Waals surface area contributed by atoms with Gasteiger partial charge in [-0.2, -0.15) is 0 Å². The number of hydrogen-bond donors (Lipinski definition) is 2. The van der Waals surface area contributed by atoms with Gasteiger partial charge < -0.3 is 20.1 Å². The van der Waals surface area contributed by atoms with Crippen LogP contribution < -0.4 is 20.1 Å². The van der Waals surface area contributed by atoms with Gasteiger partial charge in [0.05, 0.1) is 13.7 Å². The third-order valence-corrected chi connectivity index (χ3v) is 2.98. The molecule has 0 aromatic heterocycles. The van der Waals surface area contributed by atoms with E-state index in [0.717, 1.165) is 30.4 Å². The third-order valence-electron chi connectivity index (χ3n) is 2.98. The highest BCUT2D eigenvalue weighted by Gasteiger charge is 2.06. The highest BCUT2D eigenvalue weighted by atomic mass is 127. The van der Waals surface area contributed by atoms with E-state index in [4.69, 9.17) is 9.47 Å². The van der Waals surface area contributed by atoms with Crippen LogP contribution in [0.5, 0.6) is 11.5 Å². The van der Waals surface area contributed by atoms with Crippen molar-refractivity contribution >= 4 is 29.9 Å². The van der Waals surface area contributed by atoms with E-state index in [1.165, 1.54) is 6.42 Å². The first-order valence-corrected chi connectivity index (χ1v) is 7.44. The summed E-state index contributed by atoms with van der Waals surface area (Å²) in [6.45, 7) is 5.80. The normalized spacial score (nSPS) is 12.1. The molecule has 22 heavy (non-hydrogen) atoms. The minimum absolute atomic E-state index is 0. The van der Waals surface area contributed by atoms with Crippen molar-refractivity contribution in [3.05, 3.63) is 24.3 Å². The van der Waals surface area contributed by atoms with Crippen LogP contribution >= 0.6 is 24.0 Å². The van der Waals surface area contributed by atoms with Crippen LogP contribution in [0.4, 0.5) is 0 Å². The summed E-state index contributed by atoms with van der Waals surface area (Å²) in [6.07, 6.45) is 2.33. The maximum atomic E-state index is 5.85. The van der Waals surface area contributed by atoms with E-state index in [1.807, 2.05) is 31.2 Å². The molecule has 0 spiro atoms. The van der Waals surface area contributed by atoms with Crippen molar-refractivity contribution in [1.29, 1.82) is 0 Å². The largest absolute Gasteiger partial charge is 0.497 e.